The summed E-state index contributed by atoms with van der Waals surface area (Å²) in [5.41, 5.74) is 6.74. The van der Waals surface area contributed by atoms with E-state index >= 15 is 0 Å². The Bertz CT molecular complexity index is 418. The van der Waals surface area contributed by atoms with Gasteiger partial charge in [0, 0.05) is 23.9 Å². The van der Waals surface area contributed by atoms with E-state index in [9.17, 15) is 4.79 Å². The second kappa shape index (κ2) is 5.14. The van der Waals surface area contributed by atoms with Crippen LogP contribution in [-0.4, -0.2) is 11.4 Å². The third-order valence-corrected chi connectivity index (χ3v) is 3.38. The fraction of sp³-hybridized carbons (Fsp3) is 0.643. The molecule has 0 fully saturated rings. The van der Waals surface area contributed by atoms with Crippen LogP contribution in [0.3, 0.4) is 0 Å². The number of carbonyl (C=O) groups excluding carboxylic acids is 1. The highest BCUT2D eigenvalue weighted by molar-refractivity contribution is 5.76. The summed E-state index contributed by atoms with van der Waals surface area (Å²) in [4.78, 5) is 11.9. The maximum absolute atomic E-state index is 11.9. The molecule has 2 rings (SSSR count). The molecule has 0 saturated carbocycles. The van der Waals surface area contributed by atoms with E-state index in [2.05, 4.69) is 5.32 Å². The van der Waals surface area contributed by atoms with Gasteiger partial charge in [0.25, 0.3) is 0 Å². The molecule has 0 saturated heterocycles. The number of amides is 1. The van der Waals surface area contributed by atoms with Crippen LogP contribution in [0.15, 0.2) is 16.7 Å². The molecular formula is C14H22N2O2. The summed E-state index contributed by atoms with van der Waals surface area (Å²) in [6.45, 7) is 3.88. The minimum Gasteiger partial charge on any atom is -0.469 e. The van der Waals surface area contributed by atoms with Crippen molar-refractivity contribution in [3.63, 3.8) is 0 Å². The number of carbonyl (C=O) groups is 1. The van der Waals surface area contributed by atoms with Crippen LogP contribution in [0.1, 0.15) is 56.9 Å². The molecule has 1 unspecified atom stereocenters. The number of hydrogen-bond acceptors (Lipinski definition) is 3. The standard InChI is InChI=1S/C14H22N2O2/c1-14(2,15)8-6-13(17)16-11-4-3-5-12-10(11)7-9-18-12/h7,9,11H,3-6,8,15H2,1-2H3,(H,16,17). The molecule has 1 aromatic heterocycles. The van der Waals surface area contributed by atoms with E-state index < -0.39 is 0 Å². The largest absolute Gasteiger partial charge is 0.469 e. The van der Waals surface area contributed by atoms with E-state index in [1.54, 1.807) is 6.26 Å². The highest BCUT2D eigenvalue weighted by atomic mass is 16.3. The Balaban J connectivity index is 1.90. The Labute approximate surface area is 108 Å². The fourth-order valence-corrected chi connectivity index (χ4v) is 2.34. The van der Waals surface area contributed by atoms with Crippen molar-refractivity contribution in [3.8, 4) is 0 Å². The predicted octanol–water partition coefficient (Wildman–Crippen LogP) is 2.29. The molecule has 1 aliphatic rings. The van der Waals surface area contributed by atoms with Crippen molar-refractivity contribution in [2.24, 2.45) is 5.73 Å². The lowest BCUT2D eigenvalue weighted by atomic mass is 9.93. The summed E-state index contributed by atoms with van der Waals surface area (Å²) in [5, 5.41) is 3.08. The van der Waals surface area contributed by atoms with Gasteiger partial charge in [0.15, 0.2) is 0 Å². The summed E-state index contributed by atoms with van der Waals surface area (Å²) in [5.74, 6) is 1.10. The van der Waals surface area contributed by atoms with Gasteiger partial charge in [-0.25, -0.2) is 0 Å². The van der Waals surface area contributed by atoms with Gasteiger partial charge in [-0.05, 0) is 39.2 Å². The Kier molecular flexibility index (Phi) is 3.76. The zero-order valence-electron chi connectivity index (χ0n) is 11.2. The summed E-state index contributed by atoms with van der Waals surface area (Å²) < 4.78 is 5.41. The molecule has 4 heteroatoms. The molecule has 1 heterocycles. The fourth-order valence-electron chi connectivity index (χ4n) is 2.34. The van der Waals surface area contributed by atoms with E-state index in [0.29, 0.717) is 12.8 Å². The Hall–Kier alpha value is -1.29. The maximum atomic E-state index is 11.9. The number of fused-ring (bicyclic) bond motifs is 1. The van der Waals surface area contributed by atoms with Crippen LogP contribution in [0.25, 0.3) is 0 Å². The van der Waals surface area contributed by atoms with Crippen molar-refractivity contribution < 1.29 is 9.21 Å². The molecule has 1 atom stereocenters. The first-order valence-corrected chi connectivity index (χ1v) is 6.60. The second-order valence-corrected chi connectivity index (χ2v) is 5.80. The Morgan fingerprint density at radius 2 is 2.39 bits per heavy atom. The van der Waals surface area contributed by atoms with Crippen LogP contribution >= 0.6 is 0 Å². The summed E-state index contributed by atoms with van der Waals surface area (Å²) in [7, 11) is 0. The molecule has 1 aliphatic carbocycles. The molecule has 0 spiro atoms. The SMILES string of the molecule is CC(C)(N)CCC(=O)NC1CCCc2occc21. The first-order chi connectivity index (χ1) is 8.46. The molecule has 3 N–H and O–H groups in total. The van der Waals surface area contributed by atoms with Crippen LogP contribution in [0.5, 0.6) is 0 Å². The molecule has 0 aliphatic heterocycles. The lowest BCUT2D eigenvalue weighted by molar-refractivity contribution is -0.122. The van der Waals surface area contributed by atoms with Gasteiger partial charge in [-0.1, -0.05) is 0 Å². The number of nitrogens with two attached hydrogens (primary N) is 1. The van der Waals surface area contributed by atoms with Gasteiger partial charge in [0.05, 0.1) is 12.3 Å². The van der Waals surface area contributed by atoms with Gasteiger partial charge in [0.1, 0.15) is 5.76 Å². The minimum absolute atomic E-state index is 0.0765. The topological polar surface area (TPSA) is 68.3 Å². The van der Waals surface area contributed by atoms with E-state index in [0.717, 1.165) is 30.6 Å². The van der Waals surface area contributed by atoms with Crippen LogP contribution in [0, 0.1) is 0 Å². The average Bonchev–Trinajstić information content (AvgIpc) is 2.74. The highest BCUT2D eigenvalue weighted by Crippen LogP contribution is 2.30. The quantitative estimate of drug-likeness (QED) is 0.861. The average molecular weight is 250 g/mol. The number of aryl methyl sites for hydroxylation is 1. The van der Waals surface area contributed by atoms with Gasteiger partial charge in [-0.3, -0.25) is 4.79 Å². The third kappa shape index (κ3) is 3.35. The van der Waals surface area contributed by atoms with Gasteiger partial charge in [0.2, 0.25) is 5.91 Å². The minimum atomic E-state index is -0.287. The molecule has 0 radical (unpaired) electrons. The lowest BCUT2D eigenvalue weighted by Crippen LogP contribution is -2.36. The molecule has 1 amide bonds. The van der Waals surface area contributed by atoms with E-state index in [1.165, 1.54) is 0 Å². The van der Waals surface area contributed by atoms with Crippen molar-refractivity contribution in [1.82, 2.24) is 5.32 Å². The van der Waals surface area contributed by atoms with E-state index in [4.69, 9.17) is 10.2 Å². The lowest BCUT2D eigenvalue weighted by Gasteiger charge is -2.24. The van der Waals surface area contributed by atoms with Crippen LogP contribution in [0.4, 0.5) is 0 Å². The Morgan fingerprint density at radius 3 is 3.11 bits per heavy atom. The summed E-state index contributed by atoms with van der Waals surface area (Å²) in [6, 6.07) is 2.08. The van der Waals surface area contributed by atoms with Gasteiger partial charge < -0.3 is 15.5 Å². The zero-order chi connectivity index (χ0) is 13.2. The molecule has 0 bridgehead atoms. The molecule has 100 valence electrons. The molecule has 1 aromatic rings. The third-order valence-electron chi connectivity index (χ3n) is 3.38. The molecule has 18 heavy (non-hydrogen) atoms. The zero-order valence-corrected chi connectivity index (χ0v) is 11.2. The van der Waals surface area contributed by atoms with E-state index in [-0.39, 0.29) is 17.5 Å². The maximum Gasteiger partial charge on any atom is 0.220 e. The van der Waals surface area contributed by atoms with E-state index in [1.807, 2.05) is 19.9 Å². The monoisotopic (exact) mass is 250 g/mol. The van der Waals surface area contributed by atoms with Crippen LogP contribution < -0.4 is 11.1 Å². The highest BCUT2D eigenvalue weighted by Gasteiger charge is 2.24. The number of rotatable bonds is 4. The first-order valence-electron chi connectivity index (χ1n) is 6.60. The Morgan fingerprint density at radius 1 is 1.61 bits per heavy atom. The molecule has 4 nitrogen and oxygen atoms in total. The van der Waals surface area contributed by atoms with Crippen molar-refractivity contribution in [2.75, 3.05) is 0 Å². The smallest absolute Gasteiger partial charge is 0.220 e. The van der Waals surface area contributed by atoms with Crippen molar-refractivity contribution in [2.45, 2.75) is 57.5 Å². The number of nitrogens with one attached hydrogen (secondary N) is 1. The summed E-state index contributed by atoms with van der Waals surface area (Å²) >= 11 is 0. The van der Waals surface area contributed by atoms with Crippen LogP contribution in [0.2, 0.25) is 0 Å². The van der Waals surface area contributed by atoms with Gasteiger partial charge >= 0.3 is 0 Å². The molecular weight excluding hydrogens is 228 g/mol. The first kappa shape index (κ1) is 13.1. The predicted molar refractivity (Wildman–Crippen MR) is 70.0 cm³/mol. The van der Waals surface area contributed by atoms with Crippen molar-refractivity contribution in [3.05, 3.63) is 23.7 Å². The van der Waals surface area contributed by atoms with Gasteiger partial charge in [-0.15, -0.1) is 0 Å². The molecule has 0 aromatic carbocycles. The normalized spacial score (nSPS) is 19.4. The number of furan rings is 1. The van der Waals surface area contributed by atoms with Crippen molar-refractivity contribution in [1.29, 1.82) is 0 Å². The second-order valence-electron chi connectivity index (χ2n) is 5.80. The van der Waals surface area contributed by atoms with Gasteiger partial charge in [-0.2, -0.15) is 0 Å². The van der Waals surface area contributed by atoms with Crippen LogP contribution in [-0.2, 0) is 11.2 Å². The van der Waals surface area contributed by atoms with Crippen molar-refractivity contribution >= 4 is 5.91 Å². The summed E-state index contributed by atoms with van der Waals surface area (Å²) in [6.07, 6.45) is 5.91. The number of hydrogen-bond donors (Lipinski definition) is 2.